The maximum absolute atomic E-state index is 11.1. The summed E-state index contributed by atoms with van der Waals surface area (Å²) < 4.78 is 4.85. The van der Waals surface area contributed by atoms with E-state index in [2.05, 4.69) is 5.32 Å². The predicted molar refractivity (Wildman–Crippen MR) is 58.6 cm³/mol. The van der Waals surface area contributed by atoms with Gasteiger partial charge in [0.05, 0.1) is 6.61 Å². The monoisotopic (exact) mass is 211 g/mol. The highest BCUT2D eigenvalue weighted by Crippen LogP contribution is 2.60. The number of carbonyl (C=O) groups is 1. The molecule has 1 unspecified atom stereocenters. The minimum absolute atomic E-state index is 0.254. The van der Waals surface area contributed by atoms with Gasteiger partial charge in [0, 0.05) is 6.54 Å². The second kappa shape index (κ2) is 4.42. The topological polar surface area (TPSA) is 38.3 Å². The van der Waals surface area contributed by atoms with Crippen molar-refractivity contribution in [2.75, 3.05) is 13.2 Å². The third-order valence-electron chi connectivity index (χ3n) is 3.98. The van der Waals surface area contributed by atoms with Crippen LogP contribution in [0.25, 0.3) is 0 Å². The molecule has 15 heavy (non-hydrogen) atoms. The van der Waals surface area contributed by atoms with Crippen molar-refractivity contribution in [1.82, 2.24) is 5.32 Å². The fourth-order valence-corrected chi connectivity index (χ4v) is 2.98. The zero-order valence-corrected chi connectivity index (χ0v) is 9.55. The molecule has 1 spiro atoms. The standard InChI is InChI=1S/C12H21NO2/c1-2-15-11(14)13-9-10-8-12(10)6-4-3-5-7-12/h10H,2-9H2,1H3,(H,13,14). The fourth-order valence-electron chi connectivity index (χ4n) is 2.98. The average Bonchev–Trinajstić information content (AvgIpc) is 2.90. The Morgan fingerprint density at radius 2 is 2.13 bits per heavy atom. The Bertz CT molecular complexity index is 234. The van der Waals surface area contributed by atoms with Crippen LogP contribution < -0.4 is 5.32 Å². The summed E-state index contributed by atoms with van der Waals surface area (Å²) in [5.74, 6) is 0.724. The van der Waals surface area contributed by atoms with Gasteiger partial charge in [-0.1, -0.05) is 19.3 Å². The third-order valence-corrected chi connectivity index (χ3v) is 3.98. The van der Waals surface area contributed by atoms with E-state index in [9.17, 15) is 4.79 Å². The number of hydrogen-bond donors (Lipinski definition) is 1. The maximum atomic E-state index is 11.1. The number of nitrogens with one attached hydrogen (secondary N) is 1. The summed E-state index contributed by atoms with van der Waals surface area (Å²) in [5, 5.41) is 2.86. The molecule has 0 aromatic heterocycles. The molecule has 2 fully saturated rings. The number of hydrogen-bond acceptors (Lipinski definition) is 2. The average molecular weight is 211 g/mol. The lowest BCUT2D eigenvalue weighted by Gasteiger charge is -2.22. The van der Waals surface area contributed by atoms with Crippen LogP contribution in [0.1, 0.15) is 45.4 Å². The summed E-state index contributed by atoms with van der Waals surface area (Å²) in [5.41, 5.74) is 0.609. The Labute approximate surface area is 91.6 Å². The molecule has 0 aromatic carbocycles. The molecule has 3 heteroatoms. The molecule has 0 aromatic rings. The summed E-state index contributed by atoms with van der Waals surface area (Å²) in [6, 6.07) is 0. The quantitative estimate of drug-likeness (QED) is 0.779. The van der Waals surface area contributed by atoms with Crippen molar-refractivity contribution in [1.29, 1.82) is 0 Å². The Kier molecular flexibility index (Phi) is 3.17. The van der Waals surface area contributed by atoms with Gasteiger partial charge in [-0.2, -0.15) is 0 Å². The second-order valence-corrected chi connectivity index (χ2v) is 4.93. The maximum Gasteiger partial charge on any atom is 0.407 e. The molecule has 2 rings (SSSR count). The number of rotatable bonds is 3. The van der Waals surface area contributed by atoms with Crippen molar-refractivity contribution in [2.24, 2.45) is 11.3 Å². The van der Waals surface area contributed by atoms with Gasteiger partial charge >= 0.3 is 6.09 Å². The van der Waals surface area contributed by atoms with Crippen LogP contribution in [0.4, 0.5) is 4.79 Å². The SMILES string of the molecule is CCOC(=O)NCC1CC12CCCCC2. The van der Waals surface area contributed by atoms with Crippen molar-refractivity contribution in [3.8, 4) is 0 Å². The predicted octanol–water partition coefficient (Wildman–Crippen LogP) is 2.70. The van der Waals surface area contributed by atoms with Gasteiger partial charge in [-0.15, -0.1) is 0 Å². The highest BCUT2D eigenvalue weighted by molar-refractivity contribution is 5.67. The molecule has 1 N–H and O–H groups in total. The zero-order valence-electron chi connectivity index (χ0n) is 9.55. The van der Waals surface area contributed by atoms with Crippen LogP contribution in [-0.4, -0.2) is 19.2 Å². The Morgan fingerprint density at radius 3 is 2.80 bits per heavy atom. The Balaban J connectivity index is 1.67. The van der Waals surface area contributed by atoms with Crippen LogP contribution in [0.3, 0.4) is 0 Å². The van der Waals surface area contributed by atoms with Gasteiger partial charge in [0.15, 0.2) is 0 Å². The molecule has 2 saturated carbocycles. The van der Waals surface area contributed by atoms with E-state index in [1.807, 2.05) is 6.92 Å². The number of ether oxygens (including phenoxy) is 1. The molecule has 86 valence electrons. The van der Waals surface area contributed by atoms with E-state index in [4.69, 9.17) is 4.74 Å². The van der Waals surface area contributed by atoms with Crippen LogP contribution in [0.15, 0.2) is 0 Å². The summed E-state index contributed by atoms with van der Waals surface area (Å²) in [7, 11) is 0. The smallest absolute Gasteiger partial charge is 0.407 e. The van der Waals surface area contributed by atoms with Gasteiger partial charge in [0.2, 0.25) is 0 Å². The Morgan fingerprint density at radius 1 is 1.40 bits per heavy atom. The van der Waals surface area contributed by atoms with Crippen LogP contribution >= 0.6 is 0 Å². The first kappa shape index (κ1) is 10.8. The lowest BCUT2D eigenvalue weighted by molar-refractivity contribution is 0.151. The molecule has 1 atom stereocenters. The van der Waals surface area contributed by atoms with E-state index in [0.717, 1.165) is 12.5 Å². The van der Waals surface area contributed by atoms with E-state index in [-0.39, 0.29) is 6.09 Å². The van der Waals surface area contributed by atoms with E-state index >= 15 is 0 Å². The summed E-state index contributed by atoms with van der Waals surface area (Å²) in [6.45, 7) is 3.11. The van der Waals surface area contributed by atoms with E-state index in [0.29, 0.717) is 12.0 Å². The highest BCUT2D eigenvalue weighted by atomic mass is 16.5. The number of carbonyl (C=O) groups excluding carboxylic acids is 1. The normalized spacial score (nSPS) is 27.4. The zero-order chi connectivity index (χ0) is 10.7. The number of amides is 1. The summed E-state index contributed by atoms with van der Waals surface area (Å²) in [6.07, 6.45) is 7.99. The lowest BCUT2D eigenvalue weighted by atomic mass is 9.84. The molecule has 2 aliphatic carbocycles. The second-order valence-electron chi connectivity index (χ2n) is 4.93. The molecule has 0 heterocycles. The molecular formula is C12H21NO2. The van der Waals surface area contributed by atoms with Gasteiger partial charge in [0.25, 0.3) is 0 Å². The van der Waals surface area contributed by atoms with Crippen molar-refractivity contribution < 1.29 is 9.53 Å². The van der Waals surface area contributed by atoms with Crippen LogP contribution in [0, 0.1) is 11.3 Å². The molecule has 3 nitrogen and oxygen atoms in total. The summed E-state index contributed by atoms with van der Waals surface area (Å²) >= 11 is 0. The van der Waals surface area contributed by atoms with E-state index in [1.54, 1.807) is 0 Å². The van der Waals surface area contributed by atoms with Crippen LogP contribution in [0.5, 0.6) is 0 Å². The van der Waals surface area contributed by atoms with Gasteiger partial charge in [-0.05, 0) is 37.5 Å². The van der Waals surface area contributed by atoms with Crippen LogP contribution in [-0.2, 0) is 4.74 Å². The van der Waals surface area contributed by atoms with Gasteiger partial charge in [-0.3, -0.25) is 0 Å². The fraction of sp³-hybridized carbons (Fsp3) is 0.917. The van der Waals surface area contributed by atoms with Crippen molar-refractivity contribution in [3.05, 3.63) is 0 Å². The van der Waals surface area contributed by atoms with Crippen molar-refractivity contribution in [2.45, 2.75) is 45.4 Å². The molecule has 0 aliphatic heterocycles. The van der Waals surface area contributed by atoms with Crippen molar-refractivity contribution >= 4 is 6.09 Å². The largest absolute Gasteiger partial charge is 0.450 e. The van der Waals surface area contributed by atoms with Gasteiger partial charge in [-0.25, -0.2) is 4.79 Å². The first-order chi connectivity index (χ1) is 7.27. The molecule has 2 aliphatic rings. The lowest BCUT2D eigenvalue weighted by Crippen LogP contribution is -2.28. The van der Waals surface area contributed by atoms with Gasteiger partial charge in [0.1, 0.15) is 0 Å². The molecule has 0 bridgehead atoms. The van der Waals surface area contributed by atoms with E-state index in [1.165, 1.54) is 38.5 Å². The van der Waals surface area contributed by atoms with Gasteiger partial charge < -0.3 is 10.1 Å². The Hall–Kier alpha value is -0.730. The minimum Gasteiger partial charge on any atom is -0.450 e. The van der Waals surface area contributed by atoms with E-state index < -0.39 is 0 Å². The number of alkyl carbamates (subject to hydrolysis) is 1. The summed E-state index contributed by atoms with van der Waals surface area (Å²) in [4.78, 5) is 11.1. The molecule has 0 radical (unpaired) electrons. The molecule has 0 saturated heterocycles. The molecule has 1 amide bonds. The first-order valence-corrected chi connectivity index (χ1v) is 6.17. The molecular weight excluding hydrogens is 190 g/mol. The van der Waals surface area contributed by atoms with Crippen molar-refractivity contribution in [3.63, 3.8) is 0 Å². The minimum atomic E-state index is -0.254. The highest BCUT2D eigenvalue weighted by Gasteiger charge is 2.53. The third kappa shape index (κ3) is 2.44. The first-order valence-electron chi connectivity index (χ1n) is 6.17. The van der Waals surface area contributed by atoms with Crippen LogP contribution in [0.2, 0.25) is 0 Å².